The third kappa shape index (κ3) is 7.33. The number of nitrogens with zero attached hydrogens (tertiary/aromatic N) is 1. The smallest absolute Gasteiger partial charge is 0.249 e. The van der Waals surface area contributed by atoms with Gasteiger partial charge in [0.05, 0.1) is 25.7 Å². The first-order valence-corrected chi connectivity index (χ1v) is 15.8. The number of aliphatic hydroxyl groups excluding tert-OH is 1. The Morgan fingerprint density at radius 2 is 1.70 bits per heavy atom. The maximum absolute atomic E-state index is 14.6. The summed E-state index contributed by atoms with van der Waals surface area (Å²) in [5.41, 5.74) is 1.69. The molecule has 0 bridgehead atoms. The molecular weight excluding hydrogens is 599 g/mol. The maximum Gasteiger partial charge on any atom is 0.249 e. The van der Waals surface area contributed by atoms with Gasteiger partial charge in [0.2, 0.25) is 11.8 Å². The minimum Gasteiger partial charge on any atom is -0.497 e. The number of piperidine rings is 1. The Morgan fingerprint density at radius 1 is 1.00 bits per heavy atom. The van der Waals surface area contributed by atoms with Crippen LogP contribution in [0.5, 0.6) is 11.5 Å². The third-order valence-corrected chi connectivity index (χ3v) is 9.31. The molecule has 236 valence electrons. The Balaban J connectivity index is 1.66. The number of rotatable bonds is 12. The number of methoxy groups -OCH3 is 2. The van der Waals surface area contributed by atoms with Crippen molar-refractivity contribution in [3.05, 3.63) is 93.5 Å². The standard InChI is InChI=1S/C35H42Cl2N2O5/c1-6-27(7-2)39-32(22-11-14-25(36)15-12-22)29(23-9-8-10-26(37)17-23)19-35(3,34(39)42)20-30(40)33(41)38-21-24-13-16-28(43-4)18-31(24)44-5/h8-18,27,29-30,32,40H,6-7,19-21H2,1-5H3,(H,38,41)/t29-,30?,32-,35+/m1/s1. The molecule has 2 amide bonds. The minimum atomic E-state index is -1.40. The molecule has 1 aliphatic heterocycles. The molecule has 4 atom stereocenters. The predicted octanol–water partition coefficient (Wildman–Crippen LogP) is 7.33. The Morgan fingerprint density at radius 3 is 2.32 bits per heavy atom. The number of hydrogen-bond acceptors (Lipinski definition) is 5. The molecule has 0 aromatic heterocycles. The van der Waals surface area contributed by atoms with Gasteiger partial charge in [-0.25, -0.2) is 0 Å². The van der Waals surface area contributed by atoms with Crippen LogP contribution in [0.15, 0.2) is 66.7 Å². The van der Waals surface area contributed by atoms with Gasteiger partial charge in [0.15, 0.2) is 0 Å². The third-order valence-electron chi connectivity index (χ3n) is 8.82. The average Bonchev–Trinajstić information content (AvgIpc) is 3.02. The van der Waals surface area contributed by atoms with Crippen LogP contribution < -0.4 is 14.8 Å². The molecule has 0 saturated carbocycles. The van der Waals surface area contributed by atoms with Crippen molar-refractivity contribution >= 4 is 35.0 Å². The highest BCUT2D eigenvalue weighted by atomic mass is 35.5. The molecule has 44 heavy (non-hydrogen) atoms. The largest absolute Gasteiger partial charge is 0.497 e. The van der Waals surface area contributed by atoms with Crippen LogP contribution >= 0.6 is 23.2 Å². The number of aliphatic hydroxyl groups is 1. The zero-order chi connectivity index (χ0) is 32.0. The summed E-state index contributed by atoms with van der Waals surface area (Å²) >= 11 is 12.7. The number of halogens is 2. The van der Waals surface area contributed by atoms with Gasteiger partial charge in [0, 0.05) is 40.2 Å². The molecule has 1 unspecified atom stereocenters. The number of carbonyl (C=O) groups excluding carboxylic acids is 2. The molecule has 0 spiro atoms. The highest BCUT2D eigenvalue weighted by Gasteiger charge is 2.52. The highest BCUT2D eigenvalue weighted by molar-refractivity contribution is 6.30. The molecular formula is C35H42Cl2N2O5. The molecule has 3 aromatic carbocycles. The van der Waals surface area contributed by atoms with Crippen LogP contribution in [0.4, 0.5) is 0 Å². The highest BCUT2D eigenvalue weighted by Crippen LogP contribution is 2.52. The van der Waals surface area contributed by atoms with E-state index >= 15 is 0 Å². The lowest BCUT2D eigenvalue weighted by molar-refractivity contribution is -0.158. The van der Waals surface area contributed by atoms with E-state index in [0.29, 0.717) is 28.0 Å². The quantitative estimate of drug-likeness (QED) is 0.216. The fourth-order valence-corrected chi connectivity index (χ4v) is 6.79. The number of nitrogens with one attached hydrogen (secondary N) is 1. The predicted molar refractivity (Wildman–Crippen MR) is 174 cm³/mol. The van der Waals surface area contributed by atoms with Gasteiger partial charge >= 0.3 is 0 Å². The van der Waals surface area contributed by atoms with Gasteiger partial charge in [-0.3, -0.25) is 9.59 Å². The van der Waals surface area contributed by atoms with Gasteiger partial charge in [-0.1, -0.05) is 68.2 Å². The summed E-state index contributed by atoms with van der Waals surface area (Å²) in [5.74, 6) is 0.427. The Kier molecular flexibility index (Phi) is 11.2. The lowest BCUT2D eigenvalue weighted by atomic mass is 9.66. The van der Waals surface area contributed by atoms with E-state index in [9.17, 15) is 14.7 Å². The lowest BCUT2D eigenvalue weighted by Crippen LogP contribution is -2.56. The number of amides is 2. The van der Waals surface area contributed by atoms with Crippen LogP contribution in [0.25, 0.3) is 0 Å². The monoisotopic (exact) mass is 640 g/mol. The summed E-state index contributed by atoms with van der Waals surface area (Å²) in [6.45, 7) is 6.17. The molecule has 2 N–H and O–H groups in total. The molecule has 9 heteroatoms. The molecule has 0 aliphatic carbocycles. The SMILES string of the molecule is CCC(CC)N1C(=O)[C@](C)(CC(O)C(=O)NCc2ccc(OC)cc2OC)C[C@H](c2cccc(Cl)c2)[C@H]1c1ccc(Cl)cc1. The van der Waals surface area contributed by atoms with Gasteiger partial charge in [0.25, 0.3) is 0 Å². The Hall–Kier alpha value is -3.26. The van der Waals surface area contributed by atoms with Crippen LogP contribution in [0, 0.1) is 5.41 Å². The van der Waals surface area contributed by atoms with E-state index in [0.717, 1.165) is 29.5 Å². The van der Waals surface area contributed by atoms with Crippen LogP contribution in [0.1, 0.15) is 75.1 Å². The zero-order valence-electron chi connectivity index (χ0n) is 26.0. The van der Waals surface area contributed by atoms with Crippen LogP contribution in [-0.4, -0.2) is 48.2 Å². The van der Waals surface area contributed by atoms with Crippen molar-refractivity contribution in [2.24, 2.45) is 5.41 Å². The average molecular weight is 642 g/mol. The second kappa shape index (κ2) is 14.7. The summed E-state index contributed by atoms with van der Waals surface area (Å²) in [4.78, 5) is 29.8. The molecule has 1 heterocycles. The van der Waals surface area contributed by atoms with Gasteiger partial charge in [-0.2, -0.15) is 0 Å². The summed E-state index contributed by atoms with van der Waals surface area (Å²) in [6, 6.07) is 20.4. The van der Waals surface area contributed by atoms with Crippen LogP contribution in [0.2, 0.25) is 10.0 Å². The number of hydrogen-bond donors (Lipinski definition) is 2. The van der Waals surface area contributed by atoms with Crippen molar-refractivity contribution < 1.29 is 24.2 Å². The van der Waals surface area contributed by atoms with E-state index in [1.54, 1.807) is 32.4 Å². The molecule has 1 aliphatic rings. The topological polar surface area (TPSA) is 88.1 Å². The minimum absolute atomic E-state index is 0.0293. The second-order valence-electron chi connectivity index (χ2n) is 11.7. The van der Waals surface area contributed by atoms with E-state index in [-0.39, 0.29) is 36.9 Å². The first-order chi connectivity index (χ1) is 21.0. The van der Waals surface area contributed by atoms with E-state index in [2.05, 4.69) is 19.2 Å². The lowest BCUT2D eigenvalue weighted by Gasteiger charge is -2.52. The number of ether oxygens (including phenoxy) is 2. The number of benzene rings is 3. The molecule has 7 nitrogen and oxygen atoms in total. The van der Waals surface area contributed by atoms with Gasteiger partial charge < -0.3 is 24.8 Å². The molecule has 3 aromatic rings. The second-order valence-corrected chi connectivity index (χ2v) is 12.6. The van der Waals surface area contributed by atoms with E-state index in [1.807, 2.05) is 60.4 Å². The Bertz CT molecular complexity index is 1450. The van der Waals surface area contributed by atoms with Gasteiger partial charge in [-0.15, -0.1) is 0 Å². The summed E-state index contributed by atoms with van der Waals surface area (Å²) in [7, 11) is 3.11. The first kappa shape index (κ1) is 33.6. The molecule has 4 rings (SSSR count). The van der Waals surface area contributed by atoms with Crippen LogP contribution in [-0.2, 0) is 16.1 Å². The summed E-state index contributed by atoms with van der Waals surface area (Å²) in [6.07, 6.45) is 0.517. The van der Waals surface area contributed by atoms with Crippen molar-refractivity contribution in [1.29, 1.82) is 0 Å². The van der Waals surface area contributed by atoms with Crippen LogP contribution in [0.3, 0.4) is 0 Å². The number of likely N-dealkylation sites (tertiary alicyclic amines) is 1. The Labute approximate surface area is 270 Å². The van der Waals surface area contributed by atoms with Gasteiger partial charge in [-0.05, 0) is 73.2 Å². The van der Waals surface area contributed by atoms with E-state index in [1.165, 1.54) is 0 Å². The van der Waals surface area contributed by atoms with Crippen molar-refractivity contribution in [3.8, 4) is 11.5 Å². The normalized spacial score (nSPS) is 20.8. The fourth-order valence-electron chi connectivity index (χ4n) is 6.47. The first-order valence-electron chi connectivity index (χ1n) is 15.1. The maximum atomic E-state index is 14.6. The van der Waals surface area contributed by atoms with Crippen molar-refractivity contribution in [2.45, 2.75) is 77.1 Å². The van der Waals surface area contributed by atoms with E-state index in [4.69, 9.17) is 32.7 Å². The molecule has 1 saturated heterocycles. The summed E-state index contributed by atoms with van der Waals surface area (Å²) in [5, 5.41) is 15.3. The fraction of sp³-hybridized carbons (Fsp3) is 0.429. The number of carbonyl (C=O) groups is 2. The van der Waals surface area contributed by atoms with Crippen molar-refractivity contribution in [2.75, 3.05) is 14.2 Å². The van der Waals surface area contributed by atoms with Crippen molar-refractivity contribution in [1.82, 2.24) is 10.2 Å². The summed E-state index contributed by atoms with van der Waals surface area (Å²) < 4.78 is 10.7. The van der Waals surface area contributed by atoms with Gasteiger partial charge in [0.1, 0.15) is 17.6 Å². The molecule has 0 radical (unpaired) electrons. The van der Waals surface area contributed by atoms with E-state index < -0.39 is 17.4 Å². The molecule has 1 fully saturated rings. The van der Waals surface area contributed by atoms with Crippen molar-refractivity contribution in [3.63, 3.8) is 0 Å². The zero-order valence-corrected chi connectivity index (χ0v) is 27.5.